The van der Waals surface area contributed by atoms with Crippen molar-refractivity contribution >= 4 is 5.97 Å². The molecule has 4 heteroatoms. The standard InChI is InChI=1S/C20H18N2O2/c1-3-19(23)24-14(2)20(17-8-4-15(12-21)5-9-17)18-10-6-16(13-22)7-11-18/h4-11,14,20H,3H2,1-2H3. The molecule has 24 heavy (non-hydrogen) atoms. The third kappa shape index (κ3) is 4.00. The van der Waals surface area contributed by atoms with Gasteiger partial charge in [0.05, 0.1) is 23.3 Å². The number of carbonyl (C=O) groups excluding carboxylic acids is 1. The maximum Gasteiger partial charge on any atom is 0.305 e. The topological polar surface area (TPSA) is 73.9 Å². The Labute approximate surface area is 141 Å². The molecule has 0 spiro atoms. The predicted molar refractivity (Wildman–Crippen MR) is 90.0 cm³/mol. The molecule has 2 aromatic carbocycles. The molecule has 4 nitrogen and oxygen atoms in total. The van der Waals surface area contributed by atoms with Crippen molar-refractivity contribution in [3.8, 4) is 12.1 Å². The first kappa shape index (κ1) is 17.2. The van der Waals surface area contributed by atoms with Crippen LogP contribution < -0.4 is 0 Å². The predicted octanol–water partition coefficient (Wildman–Crippen LogP) is 3.90. The average molecular weight is 318 g/mol. The van der Waals surface area contributed by atoms with E-state index in [1.165, 1.54) is 0 Å². The second-order valence-corrected chi connectivity index (χ2v) is 5.49. The van der Waals surface area contributed by atoms with Gasteiger partial charge in [0.1, 0.15) is 6.10 Å². The second kappa shape index (κ2) is 7.94. The normalized spacial score (nSPS) is 11.4. The molecular weight excluding hydrogens is 300 g/mol. The highest BCUT2D eigenvalue weighted by Crippen LogP contribution is 2.30. The first-order chi connectivity index (χ1) is 11.6. The van der Waals surface area contributed by atoms with Gasteiger partial charge in [0.2, 0.25) is 0 Å². The van der Waals surface area contributed by atoms with E-state index in [4.69, 9.17) is 15.3 Å². The van der Waals surface area contributed by atoms with Gasteiger partial charge in [-0.05, 0) is 42.3 Å². The molecule has 2 aromatic rings. The van der Waals surface area contributed by atoms with Gasteiger partial charge in [-0.25, -0.2) is 0 Å². The summed E-state index contributed by atoms with van der Waals surface area (Å²) >= 11 is 0. The number of hydrogen-bond acceptors (Lipinski definition) is 4. The summed E-state index contributed by atoms with van der Waals surface area (Å²) in [6, 6.07) is 18.7. The van der Waals surface area contributed by atoms with Crippen LogP contribution in [0.1, 0.15) is 48.4 Å². The van der Waals surface area contributed by atoms with Gasteiger partial charge >= 0.3 is 5.97 Å². The van der Waals surface area contributed by atoms with Crippen molar-refractivity contribution in [3.63, 3.8) is 0 Å². The van der Waals surface area contributed by atoms with Crippen LogP contribution in [0.25, 0.3) is 0 Å². The van der Waals surface area contributed by atoms with Gasteiger partial charge in [-0.2, -0.15) is 10.5 Å². The van der Waals surface area contributed by atoms with E-state index in [2.05, 4.69) is 12.1 Å². The molecule has 1 unspecified atom stereocenters. The Morgan fingerprint density at radius 2 is 1.38 bits per heavy atom. The van der Waals surface area contributed by atoms with Crippen LogP contribution in [-0.4, -0.2) is 12.1 Å². The van der Waals surface area contributed by atoms with Crippen LogP contribution in [0.5, 0.6) is 0 Å². The van der Waals surface area contributed by atoms with Gasteiger partial charge in [-0.3, -0.25) is 4.79 Å². The Kier molecular flexibility index (Phi) is 5.71. The molecule has 120 valence electrons. The van der Waals surface area contributed by atoms with Crippen molar-refractivity contribution in [3.05, 3.63) is 70.8 Å². The highest BCUT2D eigenvalue weighted by Gasteiger charge is 2.24. The summed E-state index contributed by atoms with van der Waals surface area (Å²) < 4.78 is 5.51. The molecule has 0 aliphatic carbocycles. The van der Waals surface area contributed by atoms with E-state index in [0.717, 1.165) is 11.1 Å². The lowest BCUT2D eigenvalue weighted by Crippen LogP contribution is -2.23. The van der Waals surface area contributed by atoms with Crippen LogP contribution in [0.2, 0.25) is 0 Å². The highest BCUT2D eigenvalue weighted by molar-refractivity contribution is 5.69. The minimum Gasteiger partial charge on any atom is -0.462 e. The zero-order valence-electron chi connectivity index (χ0n) is 13.7. The molecule has 0 radical (unpaired) electrons. The Hall–Kier alpha value is -3.11. The van der Waals surface area contributed by atoms with Crippen LogP contribution in [0.15, 0.2) is 48.5 Å². The number of hydrogen-bond donors (Lipinski definition) is 0. The number of benzene rings is 2. The molecule has 0 bridgehead atoms. The summed E-state index contributed by atoms with van der Waals surface area (Å²) in [6.07, 6.45) is -0.0454. The molecule has 0 heterocycles. The summed E-state index contributed by atoms with van der Waals surface area (Å²) in [5.41, 5.74) is 3.07. The van der Waals surface area contributed by atoms with Crippen molar-refractivity contribution < 1.29 is 9.53 Å². The summed E-state index contributed by atoms with van der Waals surface area (Å²) in [7, 11) is 0. The minimum absolute atomic E-state index is 0.166. The van der Waals surface area contributed by atoms with Gasteiger partial charge in [0.25, 0.3) is 0 Å². The van der Waals surface area contributed by atoms with Gasteiger partial charge in [0, 0.05) is 12.3 Å². The molecule has 0 aliphatic rings. The molecule has 1 atom stereocenters. The highest BCUT2D eigenvalue weighted by atomic mass is 16.5. The maximum absolute atomic E-state index is 11.7. The fourth-order valence-electron chi connectivity index (χ4n) is 2.62. The number of ether oxygens (including phenoxy) is 1. The number of nitrogens with zero attached hydrogens (tertiary/aromatic N) is 2. The molecule has 0 amide bonds. The Bertz CT molecular complexity index is 723. The molecule has 2 rings (SSSR count). The quantitative estimate of drug-likeness (QED) is 0.784. The van der Waals surface area contributed by atoms with E-state index in [-0.39, 0.29) is 18.0 Å². The zero-order chi connectivity index (χ0) is 17.5. The van der Waals surface area contributed by atoms with Crippen molar-refractivity contribution in [2.75, 3.05) is 0 Å². The summed E-state index contributed by atoms with van der Waals surface area (Å²) in [5.74, 6) is -0.421. The number of nitriles is 2. The van der Waals surface area contributed by atoms with E-state index >= 15 is 0 Å². The van der Waals surface area contributed by atoms with Crippen molar-refractivity contribution in [2.45, 2.75) is 32.3 Å². The monoisotopic (exact) mass is 318 g/mol. The fourth-order valence-corrected chi connectivity index (χ4v) is 2.62. The largest absolute Gasteiger partial charge is 0.462 e. The zero-order valence-corrected chi connectivity index (χ0v) is 13.7. The van der Waals surface area contributed by atoms with E-state index in [1.807, 2.05) is 31.2 Å². The SMILES string of the molecule is CCC(=O)OC(C)C(c1ccc(C#N)cc1)c1ccc(C#N)cc1. The van der Waals surface area contributed by atoms with Crippen LogP contribution in [-0.2, 0) is 9.53 Å². The van der Waals surface area contributed by atoms with E-state index in [9.17, 15) is 4.79 Å². The van der Waals surface area contributed by atoms with Gasteiger partial charge in [-0.1, -0.05) is 31.2 Å². The minimum atomic E-state index is -0.363. The van der Waals surface area contributed by atoms with Gasteiger partial charge < -0.3 is 4.74 Å². The number of esters is 1. The van der Waals surface area contributed by atoms with Crippen molar-refractivity contribution in [1.29, 1.82) is 10.5 Å². The molecule has 0 saturated heterocycles. The molecule has 0 fully saturated rings. The van der Waals surface area contributed by atoms with E-state index in [0.29, 0.717) is 17.5 Å². The first-order valence-electron chi connectivity index (χ1n) is 7.78. The summed E-state index contributed by atoms with van der Waals surface area (Å²) in [6.45, 7) is 3.61. The lowest BCUT2D eigenvalue weighted by molar-refractivity contribution is -0.148. The number of carbonyl (C=O) groups is 1. The maximum atomic E-state index is 11.7. The molecule has 0 aliphatic heterocycles. The second-order valence-electron chi connectivity index (χ2n) is 5.49. The lowest BCUT2D eigenvalue weighted by Gasteiger charge is -2.25. The third-order valence-electron chi connectivity index (χ3n) is 3.87. The van der Waals surface area contributed by atoms with Crippen LogP contribution >= 0.6 is 0 Å². The molecule has 0 N–H and O–H groups in total. The van der Waals surface area contributed by atoms with Crippen LogP contribution in [0.3, 0.4) is 0 Å². The first-order valence-corrected chi connectivity index (χ1v) is 7.78. The Morgan fingerprint density at radius 1 is 0.958 bits per heavy atom. The molecule has 0 aromatic heterocycles. The fraction of sp³-hybridized carbons (Fsp3) is 0.250. The van der Waals surface area contributed by atoms with E-state index in [1.54, 1.807) is 31.2 Å². The van der Waals surface area contributed by atoms with Crippen molar-refractivity contribution in [2.24, 2.45) is 0 Å². The van der Waals surface area contributed by atoms with Gasteiger partial charge in [0.15, 0.2) is 0 Å². The molecule has 0 saturated carbocycles. The summed E-state index contributed by atoms with van der Waals surface area (Å²) in [4.78, 5) is 11.7. The van der Waals surface area contributed by atoms with Crippen LogP contribution in [0, 0.1) is 22.7 Å². The van der Waals surface area contributed by atoms with Crippen LogP contribution in [0.4, 0.5) is 0 Å². The van der Waals surface area contributed by atoms with Gasteiger partial charge in [-0.15, -0.1) is 0 Å². The number of rotatable bonds is 5. The lowest BCUT2D eigenvalue weighted by atomic mass is 9.86. The third-order valence-corrected chi connectivity index (χ3v) is 3.87. The van der Waals surface area contributed by atoms with E-state index < -0.39 is 0 Å². The Balaban J connectivity index is 2.41. The molecular formula is C20H18N2O2. The average Bonchev–Trinajstić information content (AvgIpc) is 2.63. The smallest absolute Gasteiger partial charge is 0.305 e. The van der Waals surface area contributed by atoms with Crippen molar-refractivity contribution in [1.82, 2.24) is 0 Å². The summed E-state index contributed by atoms with van der Waals surface area (Å²) in [5, 5.41) is 17.9. The Morgan fingerprint density at radius 3 is 1.71 bits per heavy atom.